The molecule has 0 saturated carbocycles. The summed E-state index contributed by atoms with van der Waals surface area (Å²) >= 11 is 0. The van der Waals surface area contributed by atoms with Gasteiger partial charge in [0.1, 0.15) is 5.69 Å². The number of fused-ring (bicyclic) bond motifs is 2. The predicted octanol–water partition coefficient (Wildman–Crippen LogP) is 3.43. The second kappa shape index (κ2) is 5.08. The third-order valence-corrected chi connectivity index (χ3v) is 5.08. The molecule has 0 bridgehead atoms. The fourth-order valence-electron chi connectivity index (χ4n) is 3.98. The van der Waals surface area contributed by atoms with Gasteiger partial charge in [-0.2, -0.15) is 0 Å². The number of carbonyl (C=O) groups is 2. The Labute approximate surface area is 135 Å². The summed E-state index contributed by atoms with van der Waals surface area (Å²) < 4.78 is 0. The van der Waals surface area contributed by atoms with E-state index in [1.54, 1.807) is 0 Å². The van der Waals surface area contributed by atoms with Gasteiger partial charge in [-0.25, -0.2) is 0 Å². The first-order valence-electron chi connectivity index (χ1n) is 8.24. The molecule has 0 fully saturated rings. The van der Waals surface area contributed by atoms with Crippen LogP contribution in [-0.2, 0) is 12.8 Å². The van der Waals surface area contributed by atoms with Crippen molar-refractivity contribution in [2.24, 2.45) is 0 Å². The summed E-state index contributed by atoms with van der Waals surface area (Å²) in [6.07, 6.45) is 3.17. The van der Waals surface area contributed by atoms with Gasteiger partial charge in [-0.15, -0.1) is 0 Å². The average molecular weight is 308 g/mol. The Kier molecular flexibility index (Phi) is 3.15. The normalized spacial score (nSPS) is 19.7. The molecule has 118 valence electrons. The Balaban J connectivity index is 1.78. The van der Waals surface area contributed by atoms with Crippen molar-refractivity contribution < 1.29 is 9.59 Å². The third-order valence-electron chi connectivity index (χ3n) is 5.08. The molecule has 1 N–H and O–H groups in total. The van der Waals surface area contributed by atoms with E-state index in [0.29, 0.717) is 12.1 Å². The SMILES string of the molecule is Cc1c(C(=O)N2c3ccccc3C[C@H]2C)[nH]c2c1C(=O)CCC2. The van der Waals surface area contributed by atoms with Crippen LogP contribution >= 0.6 is 0 Å². The van der Waals surface area contributed by atoms with Gasteiger partial charge in [-0.1, -0.05) is 18.2 Å². The maximum absolute atomic E-state index is 13.1. The highest BCUT2D eigenvalue weighted by atomic mass is 16.2. The van der Waals surface area contributed by atoms with Crippen LogP contribution in [0.15, 0.2) is 24.3 Å². The van der Waals surface area contributed by atoms with Gasteiger partial charge >= 0.3 is 0 Å². The maximum atomic E-state index is 13.1. The molecule has 1 aromatic heterocycles. The van der Waals surface area contributed by atoms with E-state index in [2.05, 4.69) is 18.0 Å². The highest BCUT2D eigenvalue weighted by molar-refractivity contribution is 6.10. The lowest BCUT2D eigenvalue weighted by molar-refractivity contribution is 0.0968. The average Bonchev–Trinajstić information content (AvgIpc) is 3.04. The van der Waals surface area contributed by atoms with Crippen LogP contribution < -0.4 is 4.90 Å². The molecule has 0 unspecified atom stereocenters. The number of anilines is 1. The second-order valence-electron chi connectivity index (χ2n) is 6.61. The van der Waals surface area contributed by atoms with Crippen molar-refractivity contribution in [2.45, 2.75) is 45.6 Å². The number of ketones is 1. The van der Waals surface area contributed by atoms with Crippen molar-refractivity contribution in [3.05, 3.63) is 52.3 Å². The summed E-state index contributed by atoms with van der Waals surface area (Å²) in [6.45, 7) is 3.96. The quantitative estimate of drug-likeness (QED) is 0.877. The third kappa shape index (κ3) is 2.05. The number of para-hydroxylation sites is 1. The number of hydrogen-bond donors (Lipinski definition) is 1. The van der Waals surface area contributed by atoms with Gasteiger partial charge in [0.25, 0.3) is 5.91 Å². The van der Waals surface area contributed by atoms with E-state index in [4.69, 9.17) is 0 Å². The molecule has 2 heterocycles. The molecule has 1 amide bonds. The smallest absolute Gasteiger partial charge is 0.275 e. The fourth-order valence-corrected chi connectivity index (χ4v) is 3.98. The van der Waals surface area contributed by atoms with Crippen LogP contribution in [0.2, 0.25) is 0 Å². The minimum atomic E-state index is -0.0258. The topological polar surface area (TPSA) is 53.2 Å². The molecule has 1 aromatic carbocycles. The summed E-state index contributed by atoms with van der Waals surface area (Å²) in [5.41, 5.74) is 5.27. The van der Waals surface area contributed by atoms with Gasteiger partial charge in [0.15, 0.2) is 5.78 Å². The van der Waals surface area contributed by atoms with E-state index < -0.39 is 0 Å². The Bertz CT molecular complexity index is 819. The minimum absolute atomic E-state index is 0.0258. The van der Waals surface area contributed by atoms with E-state index in [1.165, 1.54) is 5.56 Å². The van der Waals surface area contributed by atoms with Crippen molar-refractivity contribution in [2.75, 3.05) is 4.90 Å². The van der Waals surface area contributed by atoms with E-state index in [0.717, 1.165) is 41.8 Å². The standard InChI is InChI=1S/C19H20N2O2/c1-11-10-13-6-3-4-8-15(13)21(11)19(23)18-12(2)17-14(20-18)7-5-9-16(17)22/h3-4,6,8,11,20H,5,7,9-10H2,1-2H3/t11-/m1/s1. The number of aromatic amines is 1. The number of rotatable bonds is 1. The van der Waals surface area contributed by atoms with Crippen LogP contribution in [0.4, 0.5) is 5.69 Å². The van der Waals surface area contributed by atoms with Crippen molar-refractivity contribution >= 4 is 17.4 Å². The van der Waals surface area contributed by atoms with Crippen LogP contribution in [0.3, 0.4) is 0 Å². The molecule has 2 aliphatic rings. The lowest BCUT2D eigenvalue weighted by Crippen LogP contribution is -2.36. The number of benzene rings is 1. The lowest BCUT2D eigenvalue weighted by Gasteiger charge is -2.22. The predicted molar refractivity (Wildman–Crippen MR) is 89.2 cm³/mol. The minimum Gasteiger partial charge on any atom is -0.354 e. The van der Waals surface area contributed by atoms with Gasteiger partial charge in [0.2, 0.25) is 0 Å². The number of amides is 1. The second-order valence-corrected chi connectivity index (χ2v) is 6.61. The molecule has 1 aliphatic heterocycles. The zero-order chi connectivity index (χ0) is 16.1. The zero-order valence-electron chi connectivity index (χ0n) is 13.5. The number of H-pyrrole nitrogens is 1. The first kappa shape index (κ1) is 14.2. The van der Waals surface area contributed by atoms with Crippen LogP contribution in [0.25, 0.3) is 0 Å². The molecule has 4 heteroatoms. The summed E-state index contributed by atoms with van der Waals surface area (Å²) in [6, 6.07) is 8.19. The van der Waals surface area contributed by atoms with Gasteiger partial charge < -0.3 is 9.88 Å². The number of carbonyl (C=O) groups excluding carboxylic acids is 2. The monoisotopic (exact) mass is 308 g/mol. The van der Waals surface area contributed by atoms with Crippen molar-refractivity contribution in [1.29, 1.82) is 0 Å². The molecule has 23 heavy (non-hydrogen) atoms. The Morgan fingerprint density at radius 2 is 2.04 bits per heavy atom. The number of hydrogen-bond acceptors (Lipinski definition) is 2. The highest BCUT2D eigenvalue weighted by Gasteiger charge is 2.34. The largest absolute Gasteiger partial charge is 0.354 e. The van der Waals surface area contributed by atoms with Crippen LogP contribution in [0.1, 0.15) is 57.4 Å². The number of aryl methyl sites for hydroxylation is 1. The molecule has 4 rings (SSSR count). The molecular weight excluding hydrogens is 288 g/mol. The summed E-state index contributed by atoms with van der Waals surface area (Å²) in [5.74, 6) is 0.135. The number of nitrogens with zero attached hydrogens (tertiary/aromatic N) is 1. The number of nitrogens with one attached hydrogen (secondary N) is 1. The van der Waals surface area contributed by atoms with Gasteiger partial charge in [-0.05, 0) is 50.3 Å². The van der Waals surface area contributed by atoms with Gasteiger partial charge in [0, 0.05) is 29.4 Å². The molecule has 1 aliphatic carbocycles. The zero-order valence-corrected chi connectivity index (χ0v) is 13.5. The Morgan fingerprint density at radius 1 is 1.26 bits per heavy atom. The lowest BCUT2D eigenvalue weighted by atomic mass is 9.93. The molecule has 0 spiro atoms. The molecule has 0 saturated heterocycles. The number of aromatic nitrogens is 1. The molecule has 1 atom stereocenters. The first-order valence-corrected chi connectivity index (χ1v) is 8.24. The van der Waals surface area contributed by atoms with E-state index in [9.17, 15) is 9.59 Å². The molecular formula is C19H20N2O2. The first-order chi connectivity index (χ1) is 11.1. The summed E-state index contributed by atoms with van der Waals surface area (Å²) in [5, 5.41) is 0. The van der Waals surface area contributed by atoms with E-state index in [-0.39, 0.29) is 17.7 Å². The highest BCUT2D eigenvalue weighted by Crippen LogP contribution is 2.34. The molecule has 2 aromatic rings. The maximum Gasteiger partial charge on any atom is 0.275 e. The molecule has 4 nitrogen and oxygen atoms in total. The van der Waals surface area contributed by atoms with E-state index >= 15 is 0 Å². The van der Waals surface area contributed by atoms with Crippen LogP contribution in [-0.4, -0.2) is 22.7 Å². The van der Waals surface area contributed by atoms with Crippen molar-refractivity contribution in [3.8, 4) is 0 Å². The molecule has 0 radical (unpaired) electrons. The van der Waals surface area contributed by atoms with Crippen LogP contribution in [0, 0.1) is 6.92 Å². The van der Waals surface area contributed by atoms with Gasteiger partial charge in [0.05, 0.1) is 0 Å². The van der Waals surface area contributed by atoms with Crippen LogP contribution in [0.5, 0.6) is 0 Å². The number of Topliss-reactive ketones (excluding diaryl/α,β-unsaturated/α-hetero) is 1. The Hall–Kier alpha value is -2.36. The summed E-state index contributed by atoms with van der Waals surface area (Å²) in [4.78, 5) is 30.4. The van der Waals surface area contributed by atoms with Crippen molar-refractivity contribution in [3.63, 3.8) is 0 Å². The van der Waals surface area contributed by atoms with E-state index in [1.807, 2.05) is 30.0 Å². The fraction of sp³-hybridized carbons (Fsp3) is 0.368. The van der Waals surface area contributed by atoms with Gasteiger partial charge in [-0.3, -0.25) is 9.59 Å². The summed E-state index contributed by atoms with van der Waals surface area (Å²) in [7, 11) is 0. The Morgan fingerprint density at radius 3 is 2.83 bits per heavy atom. The van der Waals surface area contributed by atoms with Crippen molar-refractivity contribution in [1.82, 2.24) is 4.98 Å².